The van der Waals surface area contributed by atoms with Crippen molar-refractivity contribution in [2.75, 3.05) is 19.8 Å². The van der Waals surface area contributed by atoms with Crippen LogP contribution in [-0.4, -0.2) is 140 Å². The third kappa shape index (κ3) is 18.7. The molecule has 0 bridgehead atoms. The number of allylic oxidation sites excluding steroid dienone is 8. The van der Waals surface area contributed by atoms with Crippen molar-refractivity contribution < 1.29 is 64.6 Å². The number of amides is 1. The summed E-state index contributed by atoms with van der Waals surface area (Å²) in [4.78, 5) is 13.0. The van der Waals surface area contributed by atoms with Gasteiger partial charge in [0.25, 0.3) is 0 Å². The van der Waals surface area contributed by atoms with Crippen molar-refractivity contribution in [1.82, 2.24) is 5.32 Å². The minimum absolute atomic E-state index is 0.181. The molecule has 0 aliphatic carbocycles. The quantitative estimate of drug-likeness (QED) is 0.0392. The molecule has 0 aromatic heterocycles. The molecular weight excluding hydrogens is 726 g/mol. The highest BCUT2D eigenvalue weighted by atomic mass is 16.7. The molecule has 324 valence electrons. The zero-order chi connectivity index (χ0) is 41.1. The number of aliphatic hydroxyl groups is 8. The van der Waals surface area contributed by atoms with Crippen molar-refractivity contribution in [1.29, 1.82) is 0 Å². The van der Waals surface area contributed by atoms with E-state index in [1.54, 1.807) is 0 Å². The van der Waals surface area contributed by atoms with Gasteiger partial charge in [-0.1, -0.05) is 120 Å². The van der Waals surface area contributed by atoms with E-state index in [1.165, 1.54) is 32.1 Å². The van der Waals surface area contributed by atoms with Crippen LogP contribution in [0.3, 0.4) is 0 Å². The van der Waals surface area contributed by atoms with Crippen LogP contribution >= 0.6 is 0 Å². The molecule has 0 saturated carbocycles. The predicted octanol–water partition coefficient (Wildman–Crippen LogP) is 2.98. The zero-order valence-corrected chi connectivity index (χ0v) is 33.6. The molecule has 0 aromatic carbocycles. The van der Waals surface area contributed by atoms with Crippen LogP contribution < -0.4 is 5.32 Å². The number of hydrogen-bond donors (Lipinski definition) is 9. The van der Waals surface area contributed by atoms with E-state index < -0.39 is 86.8 Å². The number of aliphatic hydroxyl groups excluding tert-OH is 8. The minimum Gasteiger partial charge on any atom is -0.394 e. The summed E-state index contributed by atoms with van der Waals surface area (Å²) in [6.45, 7) is 2.60. The summed E-state index contributed by atoms with van der Waals surface area (Å²) in [5.74, 6) is -0.293. The molecule has 0 radical (unpaired) electrons. The third-order valence-corrected chi connectivity index (χ3v) is 10.1. The van der Waals surface area contributed by atoms with E-state index in [9.17, 15) is 45.6 Å². The predicted molar refractivity (Wildman–Crippen MR) is 212 cm³/mol. The van der Waals surface area contributed by atoms with E-state index >= 15 is 0 Å². The first-order valence-electron chi connectivity index (χ1n) is 20.9. The van der Waals surface area contributed by atoms with Crippen LogP contribution in [0.2, 0.25) is 0 Å². The molecule has 0 aromatic rings. The van der Waals surface area contributed by atoms with E-state index in [1.807, 2.05) is 12.2 Å². The SMILES string of the molecule is CC/C=C\C/C=C\C/C=C\C/C=C\CCC(=O)NC(COC1OC(CO)C(OC2OC(CO)C(O)C(O)C2O)C(O)C1O)C(O)CCCCCCCCCCC. The molecule has 0 spiro atoms. The lowest BCUT2D eigenvalue weighted by Gasteiger charge is -2.46. The summed E-state index contributed by atoms with van der Waals surface area (Å²) in [5, 5.41) is 86.2. The second-order valence-electron chi connectivity index (χ2n) is 14.7. The van der Waals surface area contributed by atoms with Crippen LogP contribution in [0.25, 0.3) is 0 Å². The van der Waals surface area contributed by atoms with Crippen molar-refractivity contribution in [3.05, 3.63) is 48.6 Å². The standard InChI is InChI=1S/C42H73NO13/c1-3-5-7-9-11-13-14-15-16-18-20-22-24-26-34(47)43-30(31(46)25-23-21-19-17-12-10-8-6-4-2)29-53-41-39(52)37(50)40(33(28-45)55-41)56-42-38(51)36(49)35(48)32(27-44)54-42/h5,7,11,13,15-16,20,22,30-33,35-42,44-46,48-52H,3-4,6,8-10,12,14,17-19,21,23-29H2,1-2H3,(H,43,47)/b7-5-,13-11-,16-15-,22-20-. The number of rotatable bonds is 29. The molecule has 2 aliphatic heterocycles. The van der Waals surface area contributed by atoms with E-state index in [0.717, 1.165) is 51.4 Å². The van der Waals surface area contributed by atoms with Gasteiger partial charge in [-0.05, 0) is 38.5 Å². The van der Waals surface area contributed by atoms with Crippen LogP contribution in [0.4, 0.5) is 0 Å². The summed E-state index contributed by atoms with van der Waals surface area (Å²) in [5.41, 5.74) is 0. The third-order valence-electron chi connectivity index (χ3n) is 10.1. The monoisotopic (exact) mass is 800 g/mol. The first-order chi connectivity index (χ1) is 27.1. The van der Waals surface area contributed by atoms with Gasteiger partial charge in [-0.3, -0.25) is 4.79 Å². The number of carbonyl (C=O) groups excluding carboxylic acids is 1. The molecule has 2 rings (SSSR count). The normalized spacial score (nSPS) is 29.9. The second-order valence-corrected chi connectivity index (χ2v) is 14.7. The Bertz CT molecular complexity index is 1130. The van der Waals surface area contributed by atoms with E-state index in [0.29, 0.717) is 12.8 Å². The molecule has 2 heterocycles. The maximum absolute atomic E-state index is 13.0. The minimum atomic E-state index is -1.79. The molecule has 2 aliphatic rings. The largest absolute Gasteiger partial charge is 0.394 e. The van der Waals surface area contributed by atoms with Gasteiger partial charge < -0.3 is 65.1 Å². The molecule has 2 fully saturated rings. The molecule has 1 amide bonds. The number of unbranched alkanes of at least 4 members (excludes halogenated alkanes) is 8. The average Bonchev–Trinajstić information content (AvgIpc) is 3.19. The summed E-state index contributed by atoms with van der Waals surface area (Å²) in [6, 6.07) is -0.863. The van der Waals surface area contributed by atoms with Gasteiger partial charge in [0, 0.05) is 6.42 Å². The average molecular weight is 800 g/mol. The van der Waals surface area contributed by atoms with Gasteiger partial charge in [0.15, 0.2) is 12.6 Å². The fraction of sp³-hybridized carbons (Fsp3) is 0.786. The molecule has 12 atom stereocenters. The Morgan fingerprint density at radius 2 is 1.20 bits per heavy atom. The molecule has 12 unspecified atom stereocenters. The number of carbonyl (C=O) groups is 1. The highest BCUT2D eigenvalue weighted by Gasteiger charge is 2.50. The van der Waals surface area contributed by atoms with Gasteiger partial charge in [0.05, 0.1) is 32.0 Å². The van der Waals surface area contributed by atoms with Crippen molar-refractivity contribution >= 4 is 5.91 Å². The summed E-state index contributed by atoms with van der Waals surface area (Å²) in [7, 11) is 0. The van der Waals surface area contributed by atoms with Gasteiger partial charge in [0.1, 0.15) is 48.8 Å². The summed E-state index contributed by atoms with van der Waals surface area (Å²) >= 11 is 0. The summed E-state index contributed by atoms with van der Waals surface area (Å²) < 4.78 is 22.6. The first-order valence-corrected chi connectivity index (χ1v) is 20.9. The maximum atomic E-state index is 13.0. The molecule has 2 saturated heterocycles. The van der Waals surface area contributed by atoms with Crippen LogP contribution in [0.15, 0.2) is 48.6 Å². The fourth-order valence-corrected chi connectivity index (χ4v) is 6.60. The van der Waals surface area contributed by atoms with Gasteiger partial charge in [-0.15, -0.1) is 0 Å². The zero-order valence-electron chi connectivity index (χ0n) is 33.6. The highest BCUT2D eigenvalue weighted by molar-refractivity contribution is 5.76. The maximum Gasteiger partial charge on any atom is 0.220 e. The van der Waals surface area contributed by atoms with Crippen molar-refractivity contribution in [3.8, 4) is 0 Å². The van der Waals surface area contributed by atoms with Crippen LogP contribution in [0, 0.1) is 0 Å². The van der Waals surface area contributed by atoms with Crippen molar-refractivity contribution in [2.24, 2.45) is 0 Å². The van der Waals surface area contributed by atoms with Gasteiger partial charge in [0.2, 0.25) is 5.91 Å². The van der Waals surface area contributed by atoms with E-state index in [4.69, 9.17) is 18.9 Å². The number of ether oxygens (including phenoxy) is 4. The topological polar surface area (TPSA) is 228 Å². The second kappa shape index (κ2) is 30.1. The van der Waals surface area contributed by atoms with E-state index in [-0.39, 0.29) is 18.9 Å². The van der Waals surface area contributed by atoms with Gasteiger partial charge in [-0.25, -0.2) is 0 Å². The smallest absolute Gasteiger partial charge is 0.220 e. The Morgan fingerprint density at radius 1 is 0.661 bits per heavy atom. The Balaban J connectivity index is 1.95. The van der Waals surface area contributed by atoms with Crippen LogP contribution in [0.5, 0.6) is 0 Å². The molecule has 14 heteroatoms. The number of nitrogens with one attached hydrogen (secondary N) is 1. The Kier molecular flexibility index (Phi) is 26.9. The molecule has 14 nitrogen and oxygen atoms in total. The molecule has 56 heavy (non-hydrogen) atoms. The van der Waals surface area contributed by atoms with Crippen LogP contribution in [0.1, 0.15) is 117 Å². The Hall–Kier alpha value is -2.05. The van der Waals surface area contributed by atoms with Gasteiger partial charge in [-0.2, -0.15) is 0 Å². The first kappa shape index (κ1) is 50.1. The summed E-state index contributed by atoms with van der Waals surface area (Å²) in [6.07, 6.45) is 14.5. The lowest BCUT2D eigenvalue weighted by Crippen LogP contribution is -2.65. The van der Waals surface area contributed by atoms with Crippen molar-refractivity contribution in [2.45, 2.75) is 190 Å². The molecular formula is C42H73NO13. The lowest BCUT2D eigenvalue weighted by molar-refractivity contribution is -0.359. The Morgan fingerprint density at radius 3 is 1.79 bits per heavy atom. The van der Waals surface area contributed by atoms with Crippen molar-refractivity contribution in [3.63, 3.8) is 0 Å². The van der Waals surface area contributed by atoms with Crippen LogP contribution in [-0.2, 0) is 23.7 Å². The molecule has 9 N–H and O–H groups in total. The van der Waals surface area contributed by atoms with Gasteiger partial charge >= 0.3 is 0 Å². The Labute approximate surface area is 333 Å². The van der Waals surface area contributed by atoms with E-state index in [2.05, 4.69) is 55.6 Å². The highest BCUT2D eigenvalue weighted by Crippen LogP contribution is 2.30. The fourth-order valence-electron chi connectivity index (χ4n) is 6.60. The lowest BCUT2D eigenvalue weighted by atomic mass is 9.97. The number of hydrogen-bond acceptors (Lipinski definition) is 13.